The van der Waals surface area contributed by atoms with Gasteiger partial charge in [0.25, 0.3) is 0 Å². The lowest BCUT2D eigenvalue weighted by molar-refractivity contribution is 0.113. The molecule has 0 saturated carbocycles. The highest BCUT2D eigenvalue weighted by atomic mass is 15.1. The Labute approximate surface area is 292 Å². The average Bonchev–Trinajstić information content (AvgIpc) is 3.06. The Bertz CT molecular complexity index is 644. The van der Waals surface area contributed by atoms with Gasteiger partial charge in [-0.2, -0.15) is 0 Å². The van der Waals surface area contributed by atoms with Crippen molar-refractivity contribution in [1.29, 1.82) is 0 Å². The maximum atomic E-state index is 2.57. The standard InChI is InChI=1S/C45H85N/c1-6-9-11-13-15-17-19-21-23-25-27-29-31-33-35-37-39-41-43-45(8-3,46(4)5)44-42-40-38-36-34-32-30-28-26-24-22-20-18-16-14-12-10-7-2/h15-18,21-24H,6-14,19-20,25-44H2,1-5H3/b17-15-,18-16-,23-21-,24-22-. The van der Waals surface area contributed by atoms with E-state index in [0.29, 0.717) is 5.54 Å². The molecule has 0 atom stereocenters. The van der Waals surface area contributed by atoms with Gasteiger partial charge < -0.3 is 4.90 Å². The first-order chi connectivity index (χ1) is 22.6. The zero-order valence-corrected chi connectivity index (χ0v) is 32.5. The van der Waals surface area contributed by atoms with E-state index in [1.807, 2.05) is 0 Å². The second kappa shape index (κ2) is 36.8. The van der Waals surface area contributed by atoms with Crippen LogP contribution in [0.1, 0.15) is 220 Å². The first-order valence-electron chi connectivity index (χ1n) is 20.9. The van der Waals surface area contributed by atoms with Gasteiger partial charge in [-0.3, -0.25) is 0 Å². The van der Waals surface area contributed by atoms with Gasteiger partial charge in [-0.25, -0.2) is 0 Å². The van der Waals surface area contributed by atoms with E-state index in [-0.39, 0.29) is 0 Å². The van der Waals surface area contributed by atoms with Crippen LogP contribution >= 0.6 is 0 Å². The summed E-state index contributed by atoms with van der Waals surface area (Å²) in [5, 5.41) is 0. The van der Waals surface area contributed by atoms with Crippen LogP contribution in [0.3, 0.4) is 0 Å². The monoisotopic (exact) mass is 640 g/mol. The fraction of sp³-hybridized carbons (Fsp3) is 0.822. The van der Waals surface area contributed by atoms with Gasteiger partial charge >= 0.3 is 0 Å². The summed E-state index contributed by atoms with van der Waals surface area (Å²) in [6.45, 7) is 6.98. The molecule has 0 spiro atoms. The second-order valence-corrected chi connectivity index (χ2v) is 14.6. The third kappa shape index (κ3) is 30.3. The highest BCUT2D eigenvalue weighted by molar-refractivity contribution is 4.93. The Morgan fingerprint density at radius 2 is 0.630 bits per heavy atom. The summed E-state index contributed by atoms with van der Waals surface area (Å²) in [5.74, 6) is 0. The summed E-state index contributed by atoms with van der Waals surface area (Å²) in [6.07, 6.45) is 61.1. The molecule has 1 heteroatoms. The average molecular weight is 640 g/mol. The van der Waals surface area contributed by atoms with Crippen LogP contribution in [0.4, 0.5) is 0 Å². The molecular formula is C45H85N. The molecule has 0 aromatic rings. The van der Waals surface area contributed by atoms with E-state index in [1.165, 1.54) is 186 Å². The summed E-state index contributed by atoms with van der Waals surface area (Å²) in [4.78, 5) is 2.57. The summed E-state index contributed by atoms with van der Waals surface area (Å²) in [6, 6.07) is 0. The lowest BCUT2D eigenvalue weighted by Crippen LogP contribution is -2.43. The Morgan fingerprint density at radius 3 is 0.913 bits per heavy atom. The van der Waals surface area contributed by atoms with Crippen molar-refractivity contribution >= 4 is 0 Å². The van der Waals surface area contributed by atoms with Gasteiger partial charge in [0.2, 0.25) is 0 Å². The van der Waals surface area contributed by atoms with Gasteiger partial charge in [0.1, 0.15) is 0 Å². The molecule has 0 aromatic carbocycles. The van der Waals surface area contributed by atoms with Crippen LogP contribution < -0.4 is 0 Å². The molecule has 0 aromatic heterocycles. The first-order valence-corrected chi connectivity index (χ1v) is 20.9. The number of hydrogen-bond donors (Lipinski definition) is 0. The van der Waals surface area contributed by atoms with Crippen LogP contribution in [0.25, 0.3) is 0 Å². The zero-order valence-electron chi connectivity index (χ0n) is 32.5. The smallest absolute Gasteiger partial charge is 0.0200 e. The molecule has 46 heavy (non-hydrogen) atoms. The highest BCUT2D eigenvalue weighted by Gasteiger charge is 2.29. The Morgan fingerprint density at radius 1 is 0.348 bits per heavy atom. The lowest BCUT2D eigenvalue weighted by Gasteiger charge is -2.40. The van der Waals surface area contributed by atoms with Crippen LogP contribution in [-0.2, 0) is 0 Å². The number of hydrogen-bond acceptors (Lipinski definition) is 1. The molecule has 0 unspecified atom stereocenters. The SMILES string of the molecule is CCCCC/C=C\C/C=C\CCCCCCCCCCC(CC)(CCCCCCCCCC/C=C\C/C=C\CCCCC)N(C)C. The van der Waals surface area contributed by atoms with Crippen molar-refractivity contribution in [1.82, 2.24) is 4.90 Å². The van der Waals surface area contributed by atoms with Crippen LogP contribution in [0.15, 0.2) is 48.6 Å². The van der Waals surface area contributed by atoms with Gasteiger partial charge in [0, 0.05) is 5.54 Å². The largest absolute Gasteiger partial charge is 0.304 e. The molecule has 0 rings (SSSR count). The van der Waals surface area contributed by atoms with Gasteiger partial charge in [0.15, 0.2) is 0 Å². The van der Waals surface area contributed by atoms with Crippen LogP contribution in [-0.4, -0.2) is 24.5 Å². The van der Waals surface area contributed by atoms with Gasteiger partial charge in [0.05, 0.1) is 0 Å². The second-order valence-electron chi connectivity index (χ2n) is 14.6. The number of allylic oxidation sites excluding steroid dienone is 8. The van der Waals surface area contributed by atoms with Crippen molar-refractivity contribution in [3.05, 3.63) is 48.6 Å². The van der Waals surface area contributed by atoms with Crippen molar-refractivity contribution < 1.29 is 0 Å². The third-order valence-corrected chi connectivity index (χ3v) is 10.3. The van der Waals surface area contributed by atoms with Crippen molar-refractivity contribution in [2.24, 2.45) is 0 Å². The van der Waals surface area contributed by atoms with Crippen LogP contribution in [0.2, 0.25) is 0 Å². The molecule has 0 heterocycles. The molecule has 0 aliphatic heterocycles. The van der Waals surface area contributed by atoms with Crippen molar-refractivity contribution in [3.63, 3.8) is 0 Å². The van der Waals surface area contributed by atoms with E-state index >= 15 is 0 Å². The van der Waals surface area contributed by atoms with E-state index < -0.39 is 0 Å². The minimum Gasteiger partial charge on any atom is -0.304 e. The van der Waals surface area contributed by atoms with Crippen molar-refractivity contribution in [3.8, 4) is 0 Å². The minimum absolute atomic E-state index is 0.427. The van der Waals surface area contributed by atoms with E-state index in [1.54, 1.807) is 0 Å². The van der Waals surface area contributed by atoms with E-state index in [4.69, 9.17) is 0 Å². The molecule has 0 aliphatic rings. The minimum atomic E-state index is 0.427. The number of unbranched alkanes of at least 4 members (excludes halogenated alkanes) is 22. The highest BCUT2D eigenvalue weighted by Crippen LogP contribution is 2.31. The molecule has 0 fully saturated rings. The topological polar surface area (TPSA) is 3.24 Å². The van der Waals surface area contributed by atoms with Gasteiger partial charge in [-0.15, -0.1) is 0 Å². The molecule has 0 radical (unpaired) electrons. The Kier molecular flexibility index (Phi) is 35.9. The molecule has 270 valence electrons. The van der Waals surface area contributed by atoms with Crippen molar-refractivity contribution in [2.75, 3.05) is 14.1 Å². The molecule has 1 nitrogen and oxygen atoms in total. The normalized spacial score (nSPS) is 12.8. The zero-order chi connectivity index (χ0) is 33.7. The lowest BCUT2D eigenvalue weighted by atomic mass is 9.83. The fourth-order valence-corrected chi connectivity index (χ4v) is 6.83. The summed E-state index contributed by atoms with van der Waals surface area (Å²) >= 11 is 0. The van der Waals surface area contributed by atoms with E-state index in [9.17, 15) is 0 Å². The fourth-order valence-electron chi connectivity index (χ4n) is 6.83. The quantitative estimate of drug-likeness (QED) is 0.0487. The Balaban J connectivity index is 3.72. The number of nitrogens with zero attached hydrogens (tertiary/aromatic N) is 1. The predicted octanol–water partition coefficient (Wildman–Crippen LogP) is 15.7. The summed E-state index contributed by atoms with van der Waals surface area (Å²) in [7, 11) is 4.68. The van der Waals surface area contributed by atoms with Crippen LogP contribution in [0, 0.1) is 0 Å². The van der Waals surface area contributed by atoms with E-state index in [0.717, 1.165) is 12.8 Å². The maximum absolute atomic E-state index is 2.57. The summed E-state index contributed by atoms with van der Waals surface area (Å²) < 4.78 is 0. The molecule has 0 bridgehead atoms. The van der Waals surface area contributed by atoms with E-state index in [2.05, 4.69) is 88.4 Å². The van der Waals surface area contributed by atoms with Crippen LogP contribution in [0.5, 0.6) is 0 Å². The third-order valence-electron chi connectivity index (χ3n) is 10.3. The molecule has 0 N–H and O–H groups in total. The molecule has 0 aliphatic carbocycles. The molecule has 0 amide bonds. The predicted molar refractivity (Wildman–Crippen MR) is 213 cm³/mol. The summed E-state index contributed by atoms with van der Waals surface area (Å²) in [5.41, 5.74) is 0.427. The van der Waals surface area contributed by atoms with Crippen molar-refractivity contribution in [2.45, 2.75) is 225 Å². The first kappa shape index (κ1) is 44.9. The molecule has 0 saturated heterocycles. The van der Waals surface area contributed by atoms with Gasteiger partial charge in [-0.05, 0) is 97.6 Å². The Hall–Kier alpha value is -1.08. The molecular weight excluding hydrogens is 555 g/mol. The number of rotatable bonds is 36. The van der Waals surface area contributed by atoms with Gasteiger partial charge in [-0.1, -0.05) is 185 Å². The maximum Gasteiger partial charge on any atom is 0.0200 e.